The van der Waals surface area contributed by atoms with Gasteiger partial charge in [0.1, 0.15) is 11.1 Å². The molecule has 0 spiro atoms. The normalized spacial score (nSPS) is 11.3. The van der Waals surface area contributed by atoms with E-state index in [9.17, 15) is 14.0 Å². The number of thioether (sulfide) groups is 1. The maximum atomic E-state index is 14.2. The van der Waals surface area contributed by atoms with Gasteiger partial charge in [0.05, 0.1) is 5.69 Å². The molecule has 37 heavy (non-hydrogen) atoms. The highest BCUT2D eigenvalue weighted by Crippen LogP contribution is 2.37. The number of carbonyl (C=O) groups excluding carboxylic acids is 2. The number of amides is 1. The zero-order valence-corrected chi connectivity index (χ0v) is 21.5. The second-order valence-electron chi connectivity index (χ2n) is 8.12. The lowest BCUT2D eigenvalue weighted by Gasteiger charge is -2.18. The van der Waals surface area contributed by atoms with Gasteiger partial charge in [-0.15, -0.1) is 11.8 Å². The number of anilines is 3. The van der Waals surface area contributed by atoms with Gasteiger partial charge in [0.25, 0.3) is 0 Å². The van der Waals surface area contributed by atoms with Crippen LogP contribution in [0.25, 0.3) is 0 Å². The molecule has 8 heteroatoms. The summed E-state index contributed by atoms with van der Waals surface area (Å²) in [6.07, 6.45) is 0. The number of nitrogens with one attached hydrogen (secondary N) is 3. The third-order valence-electron chi connectivity index (χ3n) is 5.37. The van der Waals surface area contributed by atoms with Gasteiger partial charge in [-0.3, -0.25) is 9.59 Å². The van der Waals surface area contributed by atoms with E-state index in [4.69, 9.17) is 12.2 Å². The van der Waals surface area contributed by atoms with Crippen molar-refractivity contribution in [1.82, 2.24) is 0 Å². The van der Waals surface area contributed by atoms with Gasteiger partial charge in [-0.2, -0.15) is 0 Å². The number of rotatable bonds is 8. The molecule has 0 saturated carbocycles. The minimum absolute atomic E-state index is 0.00189. The largest absolute Gasteiger partial charge is 0.332 e. The second-order valence-corrected chi connectivity index (χ2v) is 9.70. The molecule has 0 fully saturated rings. The Morgan fingerprint density at radius 3 is 2.16 bits per heavy atom. The maximum absolute atomic E-state index is 14.2. The van der Waals surface area contributed by atoms with Crippen LogP contribution in [-0.2, 0) is 4.79 Å². The third kappa shape index (κ3) is 7.25. The summed E-state index contributed by atoms with van der Waals surface area (Å²) >= 11 is 6.80. The van der Waals surface area contributed by atoms with Crippen LogP contribution in [0.1, 0.15) is 28.1 Å². The zero-order valence-electron chi connectivity index (χ0n) is 19.9. The molecular weight excluding hydrogens is 505 g/mol. The molecule has 0 aromatic heterocycles. The van der Waals surface area contributed by atoms with Crippen LogP contribution < -0.4 is 16.0 Å². The minimum Gasteiger partial charge on any atom is -0.332 e. The molecule has 0 saturated heterocycles. The van der Waals surface area contributed by atoms with Gasteiger partial charge in [0.2, 0.25) is 5.91 Å². The molecule has 0 radical (unpaired) electrons. The highest BCUT2D eigenvalue weighted by Gasteiger charge is 2.23. The van der Waals surface area contributed by atoms with E-state index < -0.39 is 11.1 Å². The number of thiocarbonyl (C=S) groups is 1. The lowest BCUT2D eigenvalue weighted by Crippen LogP contribution is -2.20. The molecule has 186 valence electrons. The first-order chi connectivity index (χ1) is 17.9. The van der Waals surface area contributed by atoms with Crippen molar-refractivity contribution in [2.75, 3.05) is 16.0 Å². The smallest absolute Gasteiger partial charge is 0.242 e. The number of carbonyl (C=O) groups is 2. The van der Waals surface area contributed by atoms with Gasteiger partial charge in [-0.25, -0.2) is 4.39 Å². The molecule has 0 bridgehead atoms. The summed E-state index contributed by atoms with van der Waals surface area (Å²) in [5, 5.41) is 8.73. The number of hydrogen-bond acceptors (Lipinski definition) is 4. The van der Waals surface area contributed by atoms with E-state index in [1.807, 2.05) is 54.6 Å². The second kappa shape index (κ2) is 12.3. The minimum atomic E-state index is -0.610. The van der Waals surface area contributed by atoms with Gasteiger partial charge in [-0.05, 0) is 79.3 Å². The van der Waals surface area contributed by atoms with Crippen molar-refractivity contribution in [3.8, 4) is 0 Å². The molecule has 1 amide bonds. The van der Waals surface area contributed by atoms with Crippen molar-refractivity contribution < 1.29 is 14.0 Å². The Kier molecular flexibility index (Phi) is 8.66. The van der Waals surface area contributed by atoms with Crippen LogP contribution in [-0.4, -0.2) is 16.8 Å². The lowest BCUT2D eigenvalue weighted by molar-refractivity contribution is -0.115. The predicted molar refractivity (Wildman–Crippen MR) is 153 cm³/mol. The highest BCUT2D eigenvalue weighted by atomic mass is 32.2. The maximum Gasteiger partial charge on any atom is 0.242 e. The standard InChI is InChI=1S/C29H24FN3O2S2/c1-19(34)20-14-16-22(17-15-20)31-29(36)32-23-10-7-11-24(18-23)37-27(21-8-3-2-4-9-21)28(35)33-26-13-6-5-12-25(26)30/h2-18,27H,1H3,(H,33,35)(H2,31,32,36). The monoisotopic (exact) mass is 529 g/mol. The summed E-state index contributed by atoms with van der Waals surface area (Å²) in [5.41, 5.74) is 3.05. The average Bonchev–Trinajstić information content (AvgIpc) is 2.89. The van der Waals surface area contributed by atoms with Crippen molar-refractivity contribution in [3.63, 3.8) is 0 Å². The fourth-order valence-electron chi connectivity index (χ4n) is 3.53. The molecule has 4 aromatic rings. The Hall–Kier alpha value is -4.01. The summed E-state index contributed by atoms with van der Waals surface area (Å²) in [6.45, 7) is 1.52. The molecule has 5 nitrogen and oxygen atoms in total. The molecule has 1 atom stereocenters. The molecule has 0 heterocycles. The van der Waals surface area contributed by atoms with E-state index in [2.05, 4.69) is 16.0 Å². The molecule has 4 aromatic carbocycles. The molecule has 0 aliphatic carbocycles. The number of Topliss-reactive ketones (excluding diaryl/α,β-unsaturated/α-hetero) is 1. The fraction of sp³-hybridized carbons (Fsp3) is 0.0690. The van der Waals surface area contributed by atoms with Crippen molar-refractivity contribution >= 4 is 57.8 Å². The Labute approximate surface area is 224 Å². The van der Waals surface area contributed by atoms with E-state index in [0.29, 0.717) is 10.7 Å². The van der Waals surface area contributed by atoms with E-state index in [1.165, 1.54) is 30.8 Å². The Morgan fingerprint density at radius 1 is 0.784 bits per heavy atom. The van der Waals surface area contributed by atoms with Gasteiger partial charge < -0.3 is 16.0 Å². The SMILES string of the molecule is CC(=O)c1ccc(NC(=S)Nc2cccc(SC(C(=O)Nc3ccccc3F)c3ccccc3)c2)cc1. The van der Waals surface area contributed by atoms with Crippen LogP contribution in [0.4, 0.5) is 21.5 Å². The van der Waals surface area contributed by atoms with Crippen LogP contribution in [0.5, 0.6) is 0 Å². The lowest BCUT2D eigenvalue weighted by atomic mass is 10.1. The number of hydrogen-bond donors (Lipinski definition) is 3. The van der Waals surface area contributed by atoms with Crippen LogP contribution in [0.15, 0.2) is 108 Å². The summed E-state index contributed by atoms with van der Waals surface area (Å²) in [7, 11) is 0. The number of ketones is 1. The van der Waals surface area contributed by atoms with Gasteiger partial charge >= 0.3 is 0 Å². The van der Waals surface area contributed by atoms with Gasteiger partial charge in [0.15, 0.2) is 10.9 Å². The van der Waals surface area contributed by atoms with E-state index >= 15 is 0 Å². The molecular formula is C29H24FN3O2S2. The fourth-order valence-corrected chi connectivity index (χ4v) is 4.85. The summed E-state index contributed by atoms with van der Waals surface area (Å²) in [4.78, 5) is 25.5. The van der Waals surface area contributed by atoms with Crippen LogP contribution in [0.3, 0.4) is 0 Å². The van der Waals surface area contributed by atoms with Crippen LogP contribution in [0, 0.1) is 5.82 Å². The van der Waals surface area contributed by atoms with Gasteiger partial charge in [-0.1, -0.05) is 48.5 Å². The molecule has 4 rings (SSSR count). The summed E-state index contributed by atoms with van der Waals surface area (Å²) in [5.74, 6) is -0.820. The molecule has 1 unspecified atom stereocenters. The Balaban J connectivity index is 1.47. The summed E-state index contributed by atoms with van der Waals surface area (Å²) < 4.78 is 14.2. The predicted octanol–water partition coefficient (Wildman–Crippen LogP) is 7.31. The van der Waals surface area contributed by atoms with Crippen LogP contribution >= 0.6 is 24.0 Å². The average molecular weight is 530 g/mol. The van der Waals surface area contributed by atoms with E-state index in [0.717, 1.165) is 21.8 Å². The summed E-state index contributed by atoms with van der Waals surface area (Å²) in [6, 6.07) is 30.0. The Morgan fingerprint density at radius 2 is 1.46 bits per heavy atom. The third-order valence-corrected chi connectivity index (χ3v) is 6.82. The molecule has 0 aliphatic rings. The van der Waals surface area contributed by atoms with Gasteiger partial charge in [0, 0.05) is 21.8 Å². The number of benzene rings is 4. The van der Waals surface area contributed by atoms with Crippen LogP contribution in [0.2, 0.25) is 0 Å². The van der Waals surface area contributed by atoms with Crippen molar-refractivity contribution in [2.24, 2.45) is 0 Å². The molecule has 0 aliphatic heterocycles. The first-order valence-electron chi connectivity index (χ1n) is 11.4. The Bertz CT molecular complexity index is 1410. The van der Waals surface area contributed by atoms with Crippen molar-refractivity contribution in [3.05, 3.63) is 120 Å². The van der Waals surface area contributed by atoms with E-state index in [-0.39, 0.29) is 17.4 Å². The number of para-hydroxylation sites is 1. The first kappa shape index (κ1) is 26.1. The van der Waals surface area contributed by atoms with Crippen molar-refractivity contribution in [1.29, 1.82) is 0 Å². The topological polar surface area (TPSA) is 70.2 Å². The first-order valence-corrected chi connectivity index (χ1v) is 12.7. The quantitative estimate of drug-likeness (QED) is 0.126. The number of halogens is 1. The molecule has 3 N–H and O–H groups in total. The van der Waals surface area contributed by atoms with Crippen molar-refractivity contribution in [2.45, 2.75) is 17.1 Å². The van der Waals surface area contributed by atoms with E-state index in [1.54, 1.807) is 36.4 Å². The zero-order chi connectivity index (χ0) is 26.2. The highest BCUT2D eigenvalue weighted by molar-refractivity contribution is 8.00.